The second-order valence-corrected chi connectivity index (χ2v) is 11.0. The fourth-order valence-electron chi connectivity index (χ4n) is 4.06. The number of carbonyl (C=O) groups excluding carboxylic acids is 1. The molecule has 0 amide bonds. The summed E-state index contributed by atoms with van der Waals surface area (Å²) in [6, 6.07) is 18.8. The maximum atomic E-state index is 13.2. The van der Waals surface area contributed by atoms with E-state index >= 15 is 0 Å². The van der Waals surface area contributed by atoms with Gasteiger partial charge in [0.05, 0.1) is 22.8 Å². The van der Waals surface area contributed by atoms with Crippen molar-refractivity contribution in [1.82, 2.24) is 14.8 Å². The molecule has 0 unspecified atom stereocenters. The van der Waals surface area contributed by atoms with Crippen LogP contribution in [-0.4, -0.2) is 35.8 Å². The van der Waals surface area contributed by atoms with Crippen LogP contribution < -0.4 is 9.46 Å². The Balaban J connectivity index is 1.28. The Morgan fingerprint density at radius 2 is 1.68 bits per heavy atom. The molecule has 14 heteroatoms. The fourth-order valence-corrected chi connectivity index (χ4v) is 5.08. The van der Waals surface area contributed by atoms with Crippen LogP contribution in [-0.2, 0) is 27.5 Å². The number of nitrogens with zero attached hydrogens (tertiary/aromatic N) is 3. The number of oxazole rings is 1. The zero-order valence-electron chi connectivity index (χ0n) is 23.3. The van der Waals surface area contributed by atoms with E-state index in [2.05, 4.69) is 14.8 Å². The lowest BCUT2D eigenvalue weighted by Gasteiger charge is -2.09. The molecule has 10 nitrogen and oxygen atoms in total. The molecule has 0 atom stereocenters. The minimum atomic E-state index is -4.45. The zero-order valence-corrected chi connectivity index (χ0v) is 24.1. The topological polar surface area (TPSA) is 126 Å². The summed E-state index contributed by atoms with van der Waals surface area (Å²) in [6.45, 7) is 3.33. The van der Waals surface area contributed by atoms with Crippen molar-refractivity contribution in [2.24, 2.45) is 0 Å². The third kappa shape index (κ3) is 6.75. The molecule has 0 saturated carbocycles. The largest absolute Gasteiger partial charge is 0.487 e. The summed E-state index contributed by atoms with van der Waals surface area (Å²) >= 11 is 0. The SMILES string of the molecule is CCOC(=O)c1cn(-c2ccccc2)nc1NS(=O)(=O)c1ccc(OCc2nc(-c3ccc(C(F)(F)F)cc3)oc2C)cc1. The van der Waals surface area contributed by atoms with Gasteiger partial charge in [0.2, 0.25) is 5.89 Å². The maximum Gasteiger partial charge on any atom is 0.416 e. The molecule has 0 aliphatic carbocycles. The second-order valence-electron chi connectivity index (χ2n) is 9.35. The first-order valence-electron chi connectivity index (χ1n) is 13.2. The predicted octanol–water partition coefficient (Wildman–Crippen LogP) is 6.41. The molecule has 3 aromatic carbocycles. The van der Waals surface area contributed by atoms with Crippen molar-refractivity contribution in [2.45, 2.75) is 31.5 Å². The highest BCUT2D eigenvalue weighted by Gasteiger charge is 2.30. The van der Waals surface area contributed by atoms with E-state index in [0.29, 0.717) is 28.5 Å². The van der Waals surface area contributed by atoms with Gasteiger partial charge in [-0.05, 0) is 74.5 Å². The van der Waals surface area contributed by atoms with Gasteiger partial charge in [0.25, 0.3) is 10.0 Å². The molecule has 0 aliphatic heterocycles. The molecule has 44 heavy (non-hydrogen) atoms. The molecule has 0 bridgehead atoms. The lowest BCUT2D eigenvalue weighted by atomic mass is 10.1. The third-order valence-corrected chi connectivity index (χ3v) is 7.68. The first-order valence-corrected chi connectivity index (χ1v) is 14.6. The first-order chi connectivity index (χ1) is 20.9. The summed E-state index contributed by atoms with van der Waals surface area (Å²) < 4.78 is 85.1. The molecule has 0 spiro atoms. The Morgan fingerprint density at radius 3 is 2.32 bits per heavy atom. The van der Waals surface area contributed by atoms with Crippen LogP contribution in [0.2, 0.25) is 0 Å². The molecule has 1 N–H and O–H groups in total. The number of benzene rings is 3. The van der Waals surface area contributed by atoms with Crippen molar-refractivity contribution in [2.75, 3.05) is 11.3 Å². The van der Waals surface area contributed by atoms with Gasteiger partial charge in [-0.1, -0.05) is 18.2 Å². The Bertz CT molecular complexity index is 1870. The standard InChI is InChI=1S/C30H25F3N4O6S/c1-3-41-29(38)25-17-37(22-7-5-4-6-8-22)35-27(25)36-44(39,40)24-15-13-23(14-16-24)42-18-26-19(2)43-28(34-26)20-9-11-21(12-10-20)30(31,32)33/h4-17H,3,18H2,1-2H3,(H,35,36). The number of esters is 1. The van der Waals surface area contributed by atoms with E-state index in [9.17, 15) is 26.4 Å². The van der Waals surface area contributed by atoms with Gasteiger partial charge in [0.15, 0.2) is 5.82 Å². The van der Waals surface area contributed by atoms with E-state index in [1.807, 2.05) is 6.07 Å². The number of para-hydroxylation sites is 1. The number of anilines is 1. The summed E-state index contributed by atoms with van der Waals surface area (Å²) in [5.74, 6) is -0.0587. The number of carbonyl (C=O) groups is 1. The Labute approximate surface area is 250 Å². The first kappa shape index (κ1) is 30.4. The van der Waals surface area contributed by atoms with Gasteiger partial charge in [-0.15, -0.1) is 5.10 Å². The Hall–Kier alpha value is -5.11. The number of rotatable bonds is 10. The van der Waals surface area contributed by atoms with Gasteiger partial charge >= 0.3 is 12.1 Å². The summed E-state index contributed by atoms with van der Waals surface area (Å²) in [7, 11) is -4.17. The van der Waals surface area contributed by atoms with Crippen LogP contribution in [0.25, 0.3) is 17.1 Å². The molecule has 5 rings (SSSR count). The molecule has 0 aliphatic rings. The Morgan fingerprint density at radius 1 is 1.00 bits per heavy atom. The predicted molar refractivity (Wildman–Crippen MR) is 153 cm³/mol. The second kappa shape index (κ2) is 12.2. The highest BCUT2D eigenvalue weighted by molar-refractivity contribution is 7.92. The lowest BCUT2D eigenvalue weighted by molar-refractivity contribution is -0.137. The molecule has 0 fully saturated rings. The van der Waals surface area contributed by atoms with Crippen LogP contribution in [0.3, 0.4) is 0 Å². The van der Waals surface area contributed by atoms with E-state index < -0.39 is 27.7 Å². The van der Waals surface area contributed by atoms with Crippen molar-refractivity contribution < 1.29 is 40.3 Å². The van der Waals surface area contributed by atoms with Crippen molar-refractivity contribution in [3.63, 3.8) is 0 Å². The molecule has 228 valence electrons. The smallest absolute Gasteiger partial charge is 0.416 e. The van der Waals surface area contributed by atoms with Crippen LogP contribution in [0.15, 0.2) is 94.4 Å². The van der Waals surface area contributed by atoms with Crippen LogP contribution in [0.1, 0.15) is 34.3 Å². The average Bonchev–Trinajstić information content (AvgIpc) is 3.59. The summed E-state index contributed by atoms with van der Waals surface area (Å²) in [5, 5.41) is 4.26. The van der Waals surface area contributed by atoms with Crippen LogP contribution in [0.4, 0.5) is 19.0 Å². The number of hydrogen-bond acceptors (Lipinski definition) is 8. The molecule has 2 aromatic heterocycles. The number of aromatic nitrogens is 3. The van der Waals surface area contributed by atoms with Gasteiger partial charge in [-0.25, -0.2) is 22.9 Å². The van der Waals surface area contributed by atoms with E-state index in [1.165, 1.54) is 47.3 Å². The Kier molecular flexibility index (Phi) is 8.45. The highest BCUT2D eigenvalue weighted by Crippen LogP contribution is 2.31. The van der Waals surface area contributed by atoms with Gasteiger partial charge in [0, 0.05) is 11.8 Å². The number of aryl methyl sites for hydroxylation is 1. The minimum Gasteiger partial charge on any atom is -0.487 e. The van der Waals surface area contributed by atoms with E-state index in [0.717, 1.165) is 12.1 Å². The number of alkyl halides is 3. The highest BCUT2D eigenvalue weighted by atomic mass is 32.2. The fraction of sp³-hybridized carbons (Fsp3) is 0.167. The van der Waals surface area contributed by atoms with Crippen LogP contribution in [0.5, 0.6) is 5.75 Å². The monoisotopic (exact) mass is 626 g/mol. The molecule has 0 radical (unpaired) electrons. The van der Waals surface area contributed by atoms with E-state index in [4.69, 9.17) is 13.9 Å². The normalized spacial score (nSPS) is 11.8. The van der Waals surface area contributed by atoms with Crippen molar-refractivity contribution in [1.29, 1.82) is 0 Å². The van der Waals surface area contributed by atoms with Crippen molar-refractivity contribution in [3.8, 4) is 22.9 Å². The number of nitrogens with one attached hydrogen (secondary N) is 1. The number of ether oxygens (including phenoxy) is 2. The molecular weight excluding hydrogens is 601 g/mol. The third-order valence-electron chi connectivity index (χ3n) is 6.32. The average molecular weight is 627 g/mol. The molecule has 2 heterocycles. The minimum absolute atomic E-state index is 0.0415. The summed E-state index contributed by atoms with van der Waals surface area (Å²) in [6.07, 6.45) is -3.07. The molecular formula is C30H25F3N4O6S. The van der Waals surface area contributed by atoms with Gasteiger partial charge in [0.1, 0.15) is 29.4 Å². The van der Waals surface area contributed by atoms with Crippen LogP contribution >= 0.6 is 0 Å². The van der Waals surface area contributed by atoms with Gasteiger partial charge in [-0.3, -0.25) is 4.72 Å². The van der Waals surface area contributed by atoms with Gasteiger partial charge in [-0.2, -0.15) is 13.2 Å². The number of halogens is 3. The van der Waals surface area contributed by atoms with Crippen molar-refractivity contribution >= 4 is 21.8 Å². The summed E-state index contributed by atoms with van der Waals surface area (Å²) in [4.78, 5) is 16.8. The maximum absolute atomic E-state index is 13.2. The summed E-state index contributed by atoms with van der Waals surface area (Å²) in [5.41, 5.74) is 0.555. The van der Waals surface area contributed by atoms with E-state index in [1.54, 1.807) is 38.1 Å². The molecule has 5 aromatic rings. The lowest BCUT2D eigenvalue weighted by Crippen LogP contribution is -2.16. The van der Waals surface area contributed by atoms with Crippen molar-refractivity contribution in [3.05, 3.63) is 108 Å². The van der Waals surface area contributed by atoms with E-state index in [-0.39, 0.29) is 35.4 Å². The zero-order chi connectivity index (χ0) is 31.5. The number of hydrogen-bond donors (Lipinski definition) is 1. The molecule has 0 saturated heterocycles. The van der Waals surface area contributed by atoms with Gasteiger partial charge < -0.3 is 13.9 Å². The number of sulfonamides is 1. The van der Waals surface area contributed by atoms with Crippen LogP contribution in [0, 0.1) is 6.92 Å². The quantitative estimate of drug-likeness (QED) is 0.176.